The first-order valence-electron chi connectivity index (χ1n) is 11.8. The Balaban J connectivity index is 1.29. The molecule has 3 aliphatic rings. The van der Waals surface area contributed by atoms with Crippen LogP contribution in [-0.2, 0) is 21.4 Å². The summed E-state index contributed by atoms with van der Waals surface area (Å²) < 4.78 is 4.90. The largest absolute Gasteiger partial charge is 0.453 e. The molecule has 4 heterocycles. The maximum atomic E-state index is 13.3. The van der Waals surface area contributed by atoms with E-state index in [1.54, 1.807) is 15.9 Å². The van der Waals surface area contributed by atoms with Gasteiger partial charge in [-0.1, -0.05) is 11.6 Å². The number of hydrogen-bond acceptors (Lipinski definition) is 6. The molecule has 1 atom stereocenters. The number of fused-ring (bicyclic) bond motifs is 2. The molecule has 1 aromatic carbocycles. The van der Waals surface area contributed by atoms with Crippen LogP contribution >= 0.6 is 22.9 Å². The van der Waals surface area contributed by atoms with Crippen LogP contribution in [-0.4, -0.2) is 72.6 Å². The quantitative estimate of drug-likeness (QED) is 0.661. The number of urea groups is 1. The normalized spacial score (nSPS) is 21.4. The predicted octanol–water partition coefficient (Wildman–Crippen LogP) is 4.11. The molecular formula is C24H28ClN5O4S. The van der Waals surface area contributed by atoms with Crippen molar-refractivity contribution in [3.05, 3.63) is 39.9 Å². The Hall–Kier alpha value is -2.85. The molecule has 1 aromatic heterocycles. The molecule has 9 nitrogen and oxygen atoms in total. The number of benzene rings is 1. The lowest BCUT2D eigenvalue weighted by atomic mass is 9.81. The van der Waals surface area contributed by atoms with Gasteiger partial charge >= 0.3 is 12.1 Å². The predicted molar refractivity (Wildman–Crippen MR) is 134 cm³/mol. The molecule has 1 unspecified atom stereocenters. The van der Waals surface area contributed by atoms with Gasteiger partial charge in [-0.2, -0.15) is 0 Å². The zero-order valence-electron chi connectivity index (χ0n) is 19.6. The van der Waals surface area contributed by atoms with Crippen molar-refractivity contribution in [2.75, 3.05) is 50.1 Å². The molecule has 1 spiro atoms. The number of ether oxygens (including phenoxy) is 1. The summed E-state index contributed by atoms with van der Waals surface area (Å²) in [6.07, 6.45) is 3.84. The van der Waals surface area contributed by atoms with Crippen LogP contribution in [0.4, 0.5) is 20.4 Å². The molecule has 0 saturated carbocycles. The summed E-state index contributed by atoms with van der Waals surface area (Å²) >= 11 is 7.61. The molecule has 2 aromatic rings. The average Bonchev–Trinajstić information content (AvgIpc) is 3.58. The first-order chi connectivity index (χ1) is 16.9. The molecule has 2 fully saturated rings. The van der Waals surface area contributed by atoms with Crippen LogP contribution < -0.4 is 10.2 Å². The monoisotopic (exact) mass is 517 g/mol. The third-order valence-electron chi connectivity index (χ3n) is 7.12. The fraction of sp³-hybridized carbons (Fsp3) is 0.500. The lowest BCUT2D eigenvalue weighted by molar-refractivity contribution is -0.131. The standard InChI is InChI=1S/C24H28ClN5O4S/c1-34-23(33)29-10-7-24(14-29)15-30(19-6-5-16(25)11-18(19)24)22(32)27-21-26-17(13-35-21)12-20(31)28-8-3-2-4-9-28/h5-6,11,13H,2-4,7-10,12,14-15H2,1H3,(H,26,27,32). The Bertz CT molecular complexity index is 1150. The number of aromatic nitrogens is 1. The molecule has 2 saturated heterocycles. The zero-order chi connectivity index (χ0) is 24.6. The summed E-state index contributed by atoms with van der Waals surface area (Å²) in [6.45, 7) is 3.04. The van der Waals surface area contributed by atoms with Gasteiger partial charge in [0.1, 0.15) is 0 Å². The minimum Gasteiger partial charge on any atom is -0.453 e. The molecule has 1 N–H and O–H groups in total. The number of amides is 4. The number of carbonyl (C=O) groups is 3. The van der Waals surface area contributed by atoms with Crippen LogP contribution in [0.3, 0.4) is 0 Å². The number of piperidine rings is 1. The summed E-state index contributed by atoms with van der Waals surface area (Å²) in [6, 6.07) is 5.20. The molecule has 0 radical (unpaired) electrons. The van der Waals surface area contributed by atoms with Crippen LogP contribution in [0.1, 0.15) is 36.9 Å². The Morgan fingerprint density at radius 2 is 1.94 bits per heavy atom. The van der Waals surface area contributed by atoms with Crippen molar-refractivity contribution in [2.45, 2.75) is 37.5 Å². The summed E-state index contributed by atoms with van der Waals surface area (Å²) in [5.41, 5.74) is 1.99. The number of halogens is 1. The van der Waals surface area contributed by atoms with Crippen molar-refractivity contribution in [2.24, 2.45) is 0 Å². The molecule has 35 heavy (non-hydrogen) atoms. The fourth-order valence-electron chi connectivity index (χ4n) is 5.34. The first-order valence-corrected chi connectivity index (χ1v) is 13.1. The van der Waals surface area contributed by atoms with E-state index >= 15 is 0 Å². The summed E-state index contributed by atoms with van der Waals surface area (Å²) in [5, 5.41) is 5.76. The van der Waals surface area contributed by atoms with Gasteiger partial charge in [0.2, 0.25) is 5.91 Å². The molecule has 4 amide bonds. The number of hydrogen-bond donors (Lipinski definition) is 1. The number of likely N-dealkylation sites (tertiary alicyclic amines) is 2. The highest BCUT2D eigenvalue weighted by Crippen LogP contribution is 2.47. The summed E-state index contributed by atoms with van der Waals surface area (Å²) in [5.74, 6) is 0.0801. The van der Waals surface area contributed by atoms with E-state index in [1.165, 1.54) is 24.9 Å². The van der Waals surface area contributed by atoms with Gasteiger partial charge in [-0.05, 0) is 49.4 Å². The van der Waals surface area contributed by atoms with Crippen molar-refractivity contribution in [3.63, 3.8) is 0 Å². The maximum absolute atomic E-state index is 13.3. The first kappa shape index (κ1) is 23.9. The van der Waals surface area contributed by atoms with E-state index in [0.29, 0.717) is 41.9 Å². The van der Waals surface area contributed by atoms with Gasteiger partial charge in [0.05, 0.1) is 19.2 Å². The van der Waals surface area contributed by atoms with Crippen LogP contribution in [0.2, 0.25) is 5.02 Å². The molecule has 0 bridgehead atoms. The Morgan fingerprint density at radius 1 is 1.14 bits per heavy atom. The summed E-state index contributed by atoms with van der Waals surface area (Å²) in [7, 11) is 1.37. The summed E-state index contributed by atoms with van der Waals surface area (Å²) in [4.78, 5) is 47.7. The molecule has 5 rings (SSSR count). The highest BCUT2D eigenvalue weighted by Gasteiger charge is 2.50. The van der Waals surface area contributed by atoms with E-state index in [4.69, 9.17) is 16.3 Å². The van der Waals surface area contributed by atoms with Crippen molar-refractivity contribution in [3.8, 4) is 0 Å². The molecule has 186 valence electrons. The maximum Gasteiger partial charge on any atom is 0.409 e. The third kappa shape index (κ3) is 4.69. The van der Waals surface area contributed by atoms with E-state index < -0.39 is 5.41 Å². The number of carbonyl (C=O) groups excluding carboxylic acids is 3. The van der Waals surface area contributed by atoms with Crippen LogP contribution in [0.15, 0.2) is 23.6 Å². The number of nitrogens with one attached hydrogen (secondary N) is 1. The number of nitrogens with zero attached hydrogens (tertiary/aromatic N) is 4. The van der Waals surface area contributed by atoms with Gasteiger partial charge in [0.15, 0.2) is 5.13 Å². The molecule has 3 aliphatic heterocycles. The van der Waals surface area contributed by atoms with E-state index in [0.717, 1.165) is 37.2 Å². The number of rotatable bonds is 3. The Labute approximate surface area is 213 Å². The topological polar surface area (TPSA) is 95.1 Å². The highest BCUT2D eigenvalue weighted by atomic mass is 35.5. The van der Waals surface area contributed by atoms with E-state index in [1.807, 2.05) is 22.4 Å². The molecular weight excluding hydrogens is 490 g/mol. The lowest BCUT2D eigenvalue weighted by Crippen LogP contribution is -2.41. The molecule has 11 heteroatoms. The van der Waals surface area contributed by atoms with E-state index in [2.05, 4.69) is 10.3 Å². The number of thiazole rings is 1. The van der Waals surface area contributed by atoms with Gasteiger partial charge in [0.25, 0.3) is 0 Å². The Morgan fingerprint density at radius 3 is 2.71 bits per heavy atom. The second-order valence-electron chi connectivity index (χ2n) is 9.36. The van der Waals surface area contributed by atoms with Crippen molar-refractivity contribution >= 4 is 51.8 Å². The SMILES string of the molecule is COC(=O)N1CCC2(C1)CN(C(=O)Nc1nc(CC(=O)N3CCCCC3)cs1)c1ccc(Cl)cc12. The van der Waals surface area contributed by atoms with E-state index in [9.17, 15) is 14.4 Å². The second kappa shape index (κ2) is 9.66. The number of anilines is 2. The van der Waals surface area contributed by atoms with Gasteiger partial charge in [-0.3, -0.25) is 15.0 Å². The van der Waals surface area contributed by atoms with Gasteiger partial charge in [-0.25, -0.2) is 14.6 Å². The van der Waals surface area contributed by atoms with Crippen molar-refractivity contribution < 1.29 is 19.1 Å². The van der Waals surface area contributed by atoms with Crippen molar-refractivity contribution in [1.29, 1.82) is 0 Å². The fourth-order valence-corrected chi connectivity index (χ4v) is 6.22. The van der Waals surface area contributed by atoms with Gasteiger partial charge in [-0.15, -0.1) is 11.3 Å². The number of methoxy groups -OCH3 is 1. The highest BCUT2D eigenvalue weighted by molar-refractivity contribution is 7.14. The Kier molecular flexibility index (Phi) is 6.59. The minimum atomic E-state index is -0.402. The van der Waals surface area contributed by atoms with Crippen molar-refractivity contribution in [1.82, 2.24) is 14.8 Å². The minimum absolute atomic E-state index is 0.0801. The molecule has 0 aliphatic carbocycles. The van der Waals surface area contributed by atoms with Crippen LogP contribution in [0.5, 0.6) is 0 Å². The smallest absolute Gasteiger partial charge is 0.409 e. The average molecular weight is 518 g/mol. The van der Waals surface area contributed by atoms with Crippen LogP contribution in [0.25, 0.3) is 0 Å². The second-order valence-corrected chi connectivity index (χ2v) is 10.7. The zero-order valence-corrected chi connectivity index (χ0v) is 21.2. The third-order valence-corrected chi connectivity index (χ3v) is 8.16. The van der Waals surface area contributed by atoms with Crippen LogP contribution in [0, 0.1) is 0 Å². The van der Waals surface area contributed by atoms with E-state index in [-0.39, 0.29) is 24.5 Å². The van der Waals surface area contributed by atoms with Gasteiger partial charge < -0.3 is 14.5 Å². The lowest BCUT2D eigenvalue weighted by Gasteiger charge is -2.26. The van der Waals surface area contributed by atoms with Gasteiger partial charge in [0, 0.05) is 54.2 Å².